The summed E-state index contributed by atoms with van der Waals surface area (Å²) in [5.74, 6) is -2.19. The highest BCUT2D eigenvalue weighted by Crippen LogP contribution is 2.13. The molecule has 0 aliphatic heterocycles. The number of halogens is 2. The van der Waals surface area contributed by atoms with Crippen LogP contribution in [0.4, 0.5) is 8.78 Å². The van der Waals surface area contributed by atoms with E-state index < -0.39 is 24.0 Å². The summed E-state index contributed by atoms with van der Waals surface area (Å²) in [6.45, 7) is 1.87. The zero-order valence-electron chi connectivity index (χ0n) is 10.4. The van der Waals surface area contributed by atoms with Gasteiger partial charge in [0.25, 0.3) is 0 Å². The number of hydrogen-bond donors (Lipinski definition) is 2. The fraction of sp³-hybridized carbons (Fsp3) is 0.333. The number of rotatable bonds is 5. The summed E-state index contributed by atoms with van der Waals surface area (Å²) < 4.78 is 26.8. The first-order chi connectivity index (χ1) is 8.99. The molecule has 0 aliphatic rings. The minimum Gasteiger partial charge on any atom is -0.409 e. The molecule has 19 heavy (non-hydrogen) atoms. The first kappa shape index (κ1) is 14.9. The van der Waals surface area contributed by atoms with E-state index in [0.29, 0.717) is 0 Å². The van der Waals surface area contributed by atoms with Crippen LogP contribution in [0.2, 0.25) is 0 Å². The van der Waals surface area contributed by atoms with Crippen LogP contribution in [0.5, 0.6) is 0 Å². The Labute approximate surface area is 109 Å². The monoisotopic (exact) mass is 271 g/mol. The second-order valence-corrected chi connectivity index (χ2v) is 3.88. The average molecular weight is 271 g/mol. The predicted molar refractivity (Wildman–Crippen MR) is 65.7 cm³/mol. The topological polar surface area (TPSA) is 78.9 Å². The molecule has 0 aromatic heterocycles. The molecule has 0 radical (unpaired) electrons. The summed E-state index contributed by atoms with van der Waals surface area (Å²) in [6, 6.07) is 3.41. The molecule has 1 amide bonds. The van der Waals surface area contributed by atoms with Crippen LogP contribution in [0.1, 0.15) is 12.5 Å². The third kappa shape index (κ3) is 3.90. The molecule has 0 aliphatic carbocycles. The summed E-state index contributed by atoms with van der Waals surface area (Å²) in [7, 11) is 0. The smallest absolute Gasteiger partial charge is 0.227 e. The van der Waals surface area contributed by atoms with E-state index >= 15 is 0 Å². The van der Waals surface area contributed by atoms with Crippen molar-refractivity contribution < 1.29 is 18.8 Å². The fourth-order valence-electron chi connectivity index (χ4n) is 1.57. The molecule has 0 unspecified atom stereocenters. The van der Waals surface area contributed by atoms with Crippen LogP contribution in [0.25, 0.3) is 0 Å². The van der Waals surface area contributed by atoms with E-state index in [4.69, 9.17) is 10.9 Å². The minimum absolute atomic E-state index is 0.0953. The lowest BCUT2D eigenvalue weighted by atomic mass is 10.1. The van der Waals surface area contributed by atoms with E-state index in [9.17, 15) is 13.6 Å². The third-order valence-corrected chi connectivity index (χ3v) is 2.61. The van der Waals surface area contributed by atoms with Crippen LogP contribution >= 0.6 is 0 Å². The van der Waals surface area contributed by atoms with Crippen molar-refractivity contribution in [2.24, 2.45) is 10.9 Å². The van der Waals surface area contributed by atoms with Gasteiger partial charge in [-0.05, 0) is 19.1 Å². The predicted octanol–water partition coefficient (Wildman–Crippen LogP) is 1.10. The van der Waals surface area contributed by atoms with Crippen LogP contribution in [-0.4, -0.2) is 34.9 Å². The number of carbonyl (C=O) groups is 1. The molecule has 0 saturated carbocycles. The van der Waals surface area contributed by atoms with Crippen molar-refractivity contribution in [3.8, 4) is 0 Å². The SMILES string of the molecule is CCN(CC(N)=NO)C(=O)Cc1c(F)cccc1F. The Morgan fingerprint density at radius 1 is 1.42 bits per heavy atom. The Kier molecular flexibility index (Phi) is 5.23. The van der Waals surface area contributed by atoms with Crippen molar-refractivity contribution in [3.63, 3.8) is 0 Å². The van der Waals surface area contributed by atoms with Crippen molar-refractivity contribution in [3.05, 3.63) is 35.4 Å². The first-order valence-corrected chi connectivity index (χ1v) is 5.66. The molecule has 1 aromatic rings. The normalized spacial score (nSPS) is 11.4. The second-order valence-electron chi connectivity index (χ2n) is 3.88. The fourth-order valence-corrected chi connectivity index (χ4v) is 1.57. The number of carbonyl (C=O) groups excluding carboxylic acids is 1. The van der Waals surface area contributed by atoms with Crippen molar-refractivity contribution in [2.75, 3.05) is 13.1 Å². The van der Waals surface area contributed by atoms with Crippen molar-refractivity contribution in [1.29, 1.82) is 0 Å². The lowest BCUT2D eigenvalue weighted by Gasteiger charge is -2.20. The van der Waals surface area contributed by atoms with Gasteiger partial charge in [-0.1, -0.05) is 11.2 Å². The summed E-state index contributed by atoms with van der Waals surface area (Å²) in [5.41, 5.74) is 5.01. The van der Waals surface area contributed by atoms with E-state index in [-0.39, 0.29) is 24.5 Å². The summed E-state index contributed by atoms with van der Waals surface area (Å²) in [4.78, 5) is 13.1. The minimum atomic E-state index is -0.770. The zero-order chi connectivity index (χ0) is 14.4. The third-order valence-electron chi connectivity index (χ3n) is 2.61. The number of amides is 1. The van der Waals surface area contributed by atoms with Gasteiger partial charge in [0.05, 0.1) is 13.0 Å². The molecule has 0 fully saturated rings. The Hall–Kier alpha value is -2.18. The lowest BCUT2D eigenvalue weighted by Crippen LogP contribution is -2.39. The molecule has 1 aromatic carbocycles. The van der Waals surface area contributed by atoms with Gasteiger partial charge in [-0.15, -0.1) is 0 Å². The number of amidine groups is 1. The highest BCUT2D eigenvalue weighted by Gasteiger charge is 2.18. The van der Waals surface area contributed by atoms with Gasteiger partial charge in [0.1, 0.15) is 11.6 Å². The van der Waals surface area contributed by atoms with Crippen LogP contribution in [0.3, 0.4) is 0 Å². The Bertz CT molecular complexity index is 472. The van der Waals surface area contributed by atoms with Gasteiger partial charge in [-0.3, -0.25) is 4.79 Å². The van der Waals surface area contributed by atoms with Crippen molar-refractivity contribution in [2.45, 2.75) is 13.3 Å². The number of likely N-dealkylation sites (N-methyl/N-ethyl adjacent to an activating group) is 1. The molecule has 104 valence electrons. The Morgan fingerprint density at radius 2 is 2.00 bits per heavy atom. The molecular weight excluding hydrogens is 256 g/mol. The number of nitrogens with zero attached hydrogens (tertiary/aromatic N) is 2. The van der Waals surface area contributed by atoms with Crippen LogP contribution in [0, 0.1) is 11.6 Å². The van der Waals surface area contributed by atoms with Crippen LogP contribution < -0.4 is 5.73 Å². The molecule has 0 bridgehead atoms. The molecule has 5 nitrogen and oxygen atoms in total. The second kappa shape index (κ2) is 6.67. The zero-order valence-corrected chi connectivity index (χ0v) is 10.4. The lowest BCUT2D eigenvalue weighted by molar-refractivity contribution is -0.129. The average Bonchev–Trinajstić information content (AvgIpc) is 2.39. The molecule has 0 heterocycles. The summed E-state index contributed by atoms with van der Waals surface area (Å²) in [5, 5.41) is 11.2. The van der Waals surface area contributed by atoms with E-state index in [0.717, 1.165) is 12.1 Å². The Balaban J connectivity index is 2.83. The highest BCUT2D eigenvalue weighted by atomic mass is 19.1. The molecule has 3 N–H and O–H groups in total. The van der Waals surface area contributed by atoms with Crippen LogP contribution in [-0.2, 0) is 11.2 Å². The van der Waals surface area contributed by atoms with E-state index in [2.05, 4.69) is 5.16 Å². The Morgan fingerprint density at radius 3 is 2.47 bits per heavy atom. The van der Waals surface area contributed by atoms with E-state index in [1.165, 1.54) is 11.0 Å². The number of benzene rings is 1. The van der Waals surface area contributed by atoms with Crippen molar-refractivity contribution in [1.82, 2.24) is 4.90 Å². The first-order valence-electron chi connectivity index (χ1n) is 5.66. The quantitative estimate of drug-likeness (QED) is 0.364. The van der Waals surface area contributed by atoms with Gasteiger partial charge >= 0.3 is 0 Å². The molecule has 1 rings (SSSR count). The van der Waals surface area contributed by atoms with E-state index in [1.54, 1.807) is 6.92 Å². The van der Waals surface area contributed by atoms with Gasteiger partial charge < -0.3 is 15.8 Å². The van der Waals surface area contributed by atoms with E-state index in [1.807, 2.05) is 0 Å². The number of nitrogens with two attached hydrogens (primary N) is 1. The maximum Gasteiger partial charge on any atom is 0.227 e. The molecule has 7 heteroatoms. The summed E-state index contributed by atoms with van der Waals surface area (Å²) >= 11 is 0. The molecule has 0 atom stereocenters. The summed E-state index contributed by atoms with van der Waals surface area (Å²) in [6.07, 6.45) is -0.412. The number of hydrogen-bond acceptors (Lipinski definition) is 3. The molecule has 0 spiro atoms. The van der Waals surface area contributed by atoms with Gasteiger partial charge in [0.2, 0.25) is 5.91 Å². The van der Waals surface area contributed by atoms with Gasteiger partial charge in [0.15, 0.2) is 5.84 Å². The van der Waals surface area contributed by atoms with Crippen LogP contribution in [0.15, 0.2) is 23.4 Å². The molecular formula is C12H15F2N3O2. The van der Waals surface area contributed by atoms with Crippen molar-refractivity contribution >= 4 is 11.7 Å². The largest absolute Gasteiger partial charge is 0.409 e. The molecule has 0 saturated heterocycles. The number of oxime groups is 1. The highest BCUT2D eigenvalue weighted by molar-refractivity contribution is 5.87. The van der Waals surface area contributed by atoms with Gasteiger partial charge in [-0.25, -0.2) is 8.78 Å². The maximum atomic E-state index is 13.4. The standard InChI is InChI=1S/C12H15F2N3O2/c1-2-17(7-11(15)16-19)12(18)6-8-9(13)4-3-5-10(8)14/h3-5,19H,2,6-7H2,1H3,(H2,15,16). The maximum absolute atomic E-state index is 13.4. The van der Waals surface area contributed by atoms with Gasteiger partial charge in [-0.2, -0.15) is 0 Å². The van der Waals surface area contributed by atoms with Gasteiger partial charge in [0, 0.05) is 12.1 Å².